The SMILES string of the molecule is CCCCC(COC)NC1(CO)CC1. The lowest BCUT2D eigenvalue weighted by molar-refractivity contribution is 0.138. The second-order valence-corrected chi connectivity index (χ2v) is 4.38. The van der Waals surface area contributed by atoms with Crippen LogP contribution in [0, 0.1) is 0 Å². The summed E-state index contributed by atoms with van der Waals surface area (Å²) in [4.78, 5) is 0. The van der Waals surface area contributed by atoms with Gasteiger partial charge in [0.1, 0.15) is 0 Å². The molecule has 1 aliphatic carbocycles. The highest BCUT2D eigenvalue weighted by atomic mass is 16.5. The van der Waals surface area contributed by atoms with Crippen molar-refractivity contribution in [1.82, 2.24) is 5.32 Å². The smallest absolute Gasteiger partial charge is 0.0616 e. The van der Waals surface area contributed by atoms with Crippen molar-refractivity contribution in [1.29, 1.82) is 0 Å². The molecule has 3 heteroatoms. The van der Waals surface area contributed by atoms with Crippen molar-refractivity contribution in [3.05, 3.63) is 0 Å². The van der Waals surface area contributed by atoms with Crippen LogP contribution in [0.25, 0.3) is 0 Å². The molecular formula is C11H23NO2. The predicted octanol–water partition coefficient (Wildman–Crippen LogP) is 1.31. The van der Waals surface area contributed by atoms with E-state index in [0.717, 1.165) is 25.9 Å². The minimum atomic E-state index is 0.0386. The van der Waals surface area contributed by atoms with E-state index in [1.807, 2.05) is 0 Å². The molecular weight excluding hydrogens is 178 g/mol. The summed E-state index contributed by atoms with van der Waals surface area (Å²) in [6, 6.07) is 0.412. The molecule has 1 unspecified atom stereocenters. The van der Waals surface area contributed by atoms with Crippen molar-refractivity contribution in [3.63, 3.8) is 0 Å². The second kappa shape index (κ2) is 5.69. The molecule has 1 fully saturated rings. The lowest BCUT2D eigenvalue weighted by Crippen LogP contribution is -2.44. The Morgan fingerprint density at radius 1 is 1.50 bits per heavy atom. The van der Waals surface area contributed by atoms with E-state index in [1.54, 1.807) is 7.11 Å². The lowest BCUT2D eigenvalue weighted by Gasteiger charge is -2.23. The van der Waals surface area contributed by atoms with Gasteiger partial charge in [0.15, 0.2) is 0 Å². The van der Waals surface area contributed by atoms with Crippen LogP contribution in [0.15, 0.2) is 0 Å². The van der Waals surface area contributed by atoms with Gasteiger partial charge in [-0.05, 0) is 19.3 Å². The molecule has 0 spiro atoms. The number of ether oxygens (including phenoxy) is 1. The van der Waals surface area contributed by atoms with Crippen LogP contribution < -0.4 is 5.32 Å². The summed E-state index contributed by atoms with van der Waals surface area (Å²) in [5.41, 5.74) is 0.0386. The number of aliphatic hydroxyl groups is 1. The van der Waals surface area contributed by atoms with Gasteiger partial charge < -0.3 is 15.2 Å². The van der Waals surface area contributed by atoms with E-state index >= 15 is 0 Å². The Kier molecular flexibility index (Phi) is 4.85. The van der Waals surface area contributed by atoms with Gasteiger partial charge in [-0.2, -0.15) is 0 Å². The number of methoxy groups -OCH3 is 1. The third-order valence-electron chi connectivity index (χ3n) is 2.94. The average molecular weight is 201 g/mol. The van der Waals surface area contributed by atoms with Gasteiger partial charge in [0.25, 0.3) is 0 Å². The molecule has 0 aromatic heterocycles. The Morgan fingerprint density at radius 3 is 2.64 bits per heavy atom. The number of hydrogen-bond donors (Lipinski definition) is 2. The van der Waals surface area contributed by atoms with Crippen LogP contribution in [0.3, 0.4) is 0 Å². The minimum Gasteiger partial charge on any atom is -0.394 e. The van der Waals surface area contributed by atoms with Gasteiger partial charge in [-0.3, -0.25) is 0 Å². The zero-order chi connectivity index (χ0) is 10.4. The summed E-state index contributed by atoms with van der Waals surface area (Å²) in [5.74, 6) is 0. The zero-order valence-electron chi connectivity index (χ0n) is 9.38. The first-order valence-electron chi connectivity index (χ1n) is 5.64. The Morgan fingerprint density at radius 2 is 2.21 bits per heavy atom. The van der Waals surface area contributed by atoms with Crippen molar-refractivity contribution in [2.45, 2.75) is 50.6 Å². The van der Waals surface area contributed by atoms with Crippen LogP contribution in [0.4, 0.5) is 0 Å². The van der Waals surface area contributed by atoms with Crippen LogP contribution in [0.1, 0.15) is 39.0 Å². The van der Waals surface area contributed by atoms with E-state index in [-0.39, 0.29) is 12.1 Å². The fourth-order valence-corrected chi connectivity index (χ4v) is 1.78. The molecule has 84 valence electrons. The highest BCUT2D eigenvalue weighted by Gasteiger charge is 2.43. The fourth-order valence-electron chi connectivity index (χ4n) is 1.78. The molecule has 1 aliphatic rings. The van der Waals surface area contributed by atoms with Crippen LogP contribution in [-0.2, 0) is 4.74 Å². The molecule has 1 rings (SSSR count). The summed E-state index contributed by atoms with van der Waals surface area (Å²) >= 11 is 0. The third kappa shape index (κ3) is 3.56. The first-order chi connectivity index (χ1) is 6.76. The van der Waals surface area contributed by atoms with Crippen molar-refractivity contribution in [2.24, 2.45) is 0 Å². The van der Waals surface area contributed by atoms with Crippen molar-refractivity contribution >= 4 is 0 Å². The largest absolute Gasteiger partial charge is 0.394 e. The molecule has 0 bridgehead atoms. The highest BCUT2D eigenvalue weighted by Crippen LogP contribution is 2.35. The lowest BCUT2D eigenvalue weighted by atomic mass is 10.1. The first kappa shape index (κ1) is 12.0. The molecule has 0 aromatic carbocycles. The third-order valence-corrected chi connectivity index (χ3v) is 2.94. The van der Waals surface area contributed by atoms with Crippen LogP contribution in [0.2, 0.25) is 0 Å². The first-order valence-corrected chi connectivity index (χ1v) is 5.64. The van der Waals surface area contributed by atoms with Crippen molar-refractivity contribution < 1.29 is 9.84 Å². The maximum atomic E-state index is 9.20. The minimum absolute atomic E-state index is 0.0386. The molecule has 2 N–H and O–H groups in total. The molecule has 0 amide bonds. The van der Waals surface area contributed by atoms with Crippen LogP contribution in [0.5, 0.6) is 0 Å². The van der Waals surface area contributed by atoms with Crippen LogP contribution in [-0.4, -0.2) is 37.0 Å². The fraction of sp³-hybridized carbons (Fsp3) is 1.00. The summed E-state index contributed by atoms with van der Waals surface area (Å²) in [7, 11) is 1.74. The average Bonchev–Trinajstić information content (AvgIpc) is 2.95. The highest BCUT2D eigenvalue weighted by molar-refractivity contribution is 5.03. The summed E-state index contributed by atoms with van der Waals surface area (Å²) in [5, 5.41) is 12.7. The second-order valence-electron chi connectivity index (χ2n) is 4.38. The number of nitrogens with one attached hydrogen (secondary N) is 1. The normalized spacial score (nSPS) is 20.8. The number of aliphatic hydroxyl groups excluding tert-OH is 1. The Bertz CT molecular complexity index is 157. The molecule has 0 heterocycles. The topological polar surface area (TPSA) is 41.5 Å². The number of rotatable bonds is 8. The maximum absolute atomic E-state index is 9.20. The van der Waals surface area contributed by atoms with E-state index in [2.05, 4.69) is 12.2 Å². The molecule has 1 atom stereocenters. The van der Waals surface area contributed by atoms with Gasteiger partial charge in [0, 0.05) is 18.7 Å². The summed E-state index contributed by atoms with van der Waals surface area (Å²) in [6.07, 6.45) is 5.80. The molecule has 14 heavy (non-hydrogen) atoms. The van der Waals surface area contributed by atoms with Gasteiger partial charge in [-0.1, -0.05) is 19.8 Å². The van der Waals surface area contributed by atoms with Crippen molar-refractivity contribution in [3.8, 4) is 0 Å². The van der Waals surface area contributed by atoms with E-state index in [0.29, 0.717) is 6.04 Å². The maximum Gasteiger partial charge on any atom is 0.0616 e. The van der Waals surface area contributed by atoms with E-state index < -0.39 is 0 Å². The monoisotopic (exact) mass is 201 g/mol. The quantitative estimate of drug-likeness (QED) is 0.622. The number of hydrogen-bond acceptors (Lipinski definition) is 3. The van der Waals surface area contributed by atoms with Gasteiger partial charge in [0.05, 0.1) is 13.2 Å². The Labute approximate surface area is 86.8 Å². The van der Waals surface area contributed by atoms with E-state index in [4.69, 9.17) is 4.74 Å². The standard InChI is InChI=1S/C11H23NO2/c1-3-4-5-10(8-14-2)12-11(9-13)6-7-11/h10,12-13H,3-9H2,1-2H3. The van der Waals surface area contributed by atoms with Crippen molar-refractivity contribution in [2.75, 3.05) is 20.3 Å². The van der Waals surface area contributed by atoms with Gasteiger partial charge >= 0.3 is 0 Å². The zero-order valence-corrected chi connectivity index (χ0v) is 9.38. The van der Waals surface area contributed by atoms with Gasteiger partial charge in [0.2, 0.25) is 0 Å². The van der Waals surface area contributed by atoms with Crippen LogP contribution >= 0.6 is 0 Å². The molecule has 1 saturated carbocycles. The number of unbranched alkanes of at least 4 members (excludes halogenated alkanes) is 1. The van der Waals surface area contributed by atoms with E-state index in [9.17, 15) is 5.11 Å². The molecule has 0 aliphatic heterocycles. The van der Waals surface area contributed by atoms with E-state index in [1.165, 1.54) is 12.8 Å². The Hall–Kier alpha value is -0.120. The molecule has 0 aromatic rings. The van der Waals surface area contributed by atoms with Gasteiger partial charge in [-0.15, -0.1) is 0 Å². The Balaban J connectivity index is 2.27. The summed E-state index contributed by atoms with van der Waals surface area (Å²) < 4.78 is 5.18. The molecule has 3 nitrogen and oxygen atoms in total. The molecule has 0 radical (unpaired) electrons. The predicted molar refractivity (Wildman–Crippen MR) is 57.4 cm³/mol. The van der Waals surface area contributed by atoms with Gasteiger partial charge in [-0.25, -0.2) is 0 Å². The molecule has 0 saturated heterocycles. The summed E-state index contributed by atoms with van der Waals surface area (Å²) in [6.45, 7) is 3.21.